The third kappa shape index (κ3) is 3.01. The van der Waals surface area contributed by atoms with Gasteiger partial charge < -0.3 is 19.8 Å². The van der Waals surface area contributed by atoms with Gasteiger partial charge in [-0.2, -0.15) is 0 Å². The molecular weight excluding hydrogens is 564 g/mol. The lowest BCUT2D eigenvalue weighted by molar-refractivity contribution is -0.130. The van der Waals surface area contributed by atoms with Crippen LogP contribution in [0.1, 0.15) is 11.1 Å². The Morgan fingerprint density at radius 3 is 2.72 bits per heavy atom. The first-order valence-corrected chi connectivity index (χ1v) is 13.5. The van der Waals surface area contributed by atoms with E-state index in [4.69, 9.17) is 9.47 Å². The average molecular weight is 585 g/mol. The number of hydrogen-bond donors (Lipinski definition) is 3. The summed E-state index contributed by atoms with van der Waals surface area (Å²) in [5.74, 6) is -1.74. The van der Waals surface area contributed by atoms with Crippen molar-refractivity contribution in [3.8, 4) is 11.5 Å². The summed E-state index contributed by atoms with van der Waals surface area (Å²) in [4.78, 5) is 46.7. The Morgan fingerprint density at radius 1 is 0.974 bits per heavy atom. The molecule has 0 radical (unpaired) electrons. The van der Waals surface area contributed by atoms with Gasteiger partial charge in [-0.25, -0.2) is 4.90 Å². The highest BCUT2D eigenvalue weighted by atomic mass is 79.9. The molecule has 0 bridgehead atoms. The number of halogens is 1. The smallest absolute Gasteiger partial charge is 0.250 e. The molecule has 39 heavy (non-hydrogen) atoms. The molecule has 4 atom stereocenters. The topological polar surface area (TPSA) is 113 Å². The van der Waals surface area contributed by atoms with Gasteiger partial charge in [0, 0.05) is 44.9 Å². The summed E-state index contributed by atoms with van der Waals surface area (Å²) in [6.45, 7) is 0.0808. The van der Waals surface area contributed by atoms with Gasteiger partial charge in [-0.3, -0.25) is 19.7 Å². The number of aromatic nitrogens is 1. The summed E-state index contributed by atoms with van der Waals surface area (Å²) in [5, 5.41) is 7.52. The maximum atomic E-state index is 14.3. The van der Waals surface area contributed by atoms with Crippen LogP contribution in [0, 0.1) is 11.8 Å². The molecule has 194 valence electrons. The molecule has 9 nitrogen and oxygen atoms in total. The number of hydrogen-bond acceptors (Lipinski definition) is 6. The molecule has 0 aliphatic carbocycles. The van der Waals surface area contributed by atoms with Crippen LogP contribution in [0.4, 0.5) is 11.4 Å². The van der Waals surface area contributed by atoms with Gasteiger partial charge in [0.15, 0.2) is 11.5 Å². The normalized spacial score (nSPS) is 26.5. The first-order valence-electron chi connectivity index (χ1n) is 12.7. The Morgan fingerprint density at radius 2 is 1.82 bits per heavy atom. The molecule has 3 N–H and O–H groups in total. The molecule has 3 aromatic carbocycles. The van der Waals surface area contributed by atoms with Crippen LogP contribution in [-0.4, -0.2) is 35.5 Å². The summed E-state index contributed by atoms with van der Waals surface area (Å²) >= 11 is 3.52. The van der Waals surface area contributed by atoms with Crippen molar-refractivity contribution in [2.24, 2.45) is 11.8 Å². The molecule has 1 aromatic heterocycles. The Labute approximate surface area is 230 Å². The number of carbonyl (C=O) groups is 3. The molecule has 4 aliphatic rings. The third-order valence-electron chi connectivity index (χ3n) is 8.41. The molecule has 2 unspecified atom stereocenters. The Balaban J connectivity index is 1.28. The van der Waals surface area contributed by atoms with Crippen LogP contribution in [0.25, 0.3) is 10.9 Å². The molecular formula is C29H21BrN4O5. The van der Waals surface area contributed by atoms with Crippen molar-refractivity contribution in [2.45, 2.75) is 18.0 Å². The van der Waals surface area contributed by atoms with Crippen molar-refractivity contribution in [1.29, 1.82) is 0 Å². The number of nitrogens with zero attached hydrogens (tertiary/aromatic N) is 1. The largest absolute Gasteiger partial charge is 0.454 e. The minimum absolute atomic E-state index is 0.0808. The zero-order valence-corrected chi connectivity index (χ0v) is 21.9. The molecule has 3 amide bonds. The van der Waals surface area contributed by atoms with E-state index in [9.17, 15) is 14.4 Å². The number of ether oxygens (including phenoxy) is 2. The van der Waals surface area contributed by atoms with Crippen LogP contribution in [-0.2, 0) is 26.3 Å². The van der Waals surface area contributed by atoms with E-state index in [-0.39, 0.29) is 18.6 Å². The summed E-state index contributed by atoms with van der Waals surface area (Å²) in [6.07, 6.45) is 2.39. The first-order chi connectivity index (χ1) is 19.0. The molecule has 10 heteroatoms. The second-order valence-corrected chi connectivity index (χ2v) is 11.2. The van der Waals surface area contributed by atoms with Gasteiger partial charge in [0.05, 0.1) is 17.5 Å². The van der Waals surface area contributed by atoms with Gasteiger partial charge in [0.25, 0.3) is 0 Å². The van der Waals surface area contributed by atoms with Gasteiger partial charge >= 0.3 is 0 Å². The number of imide groups is 1. The quantitative estimate of drug-likeness (QED) is 0.315. The van der Waals surface area contributed by atoms with Gasteiger partial charge in [0.1, 0.15) is 5.54 Å². The van der Waals surface area contributed by atoms with Crippen LogP contribution >= 0.6 is 15.9 Å². The standard InChI is InChI=1S/C29H21BrN4O5/c30-15-5-7-20-18(10-15)29(28(37)32-20)25-24(21(33-29)9-14-12-31-19-4-2-1-3-17(14)19)26(35)34(27(25)36)16-6-8-22-23(11-16)39-13-38-22/h1-8,10-12,21,24-25,31,33H,9,13H2,(H,32,37)/t21?,24-,25+,29?/m1/s1. The maximum absolute atomic E-state index is 14.3. The molecule has 0 saturated carbocycles. The number of benzene rings is 3. The van der Waals surface area contributed by atoms with Gasteiger partial charge in [-0.15, -0.1) is 0 Å². The molecule has 5 heterocycles. The predicted octanol–water partition coefficient (Wildman–Crippen LogP) is 3.83. The van der Waals surface area contributed by atoms with E-state index in [0.717, 1.165) is 20.9 Å². The zero-order valence-electron chi connectivity index (χ0n) is 20.4. The van der Waals surface area contributed by atoms with E-state index in [2.05, 4.69) is 31.5 Å². The van der Waals surface area contributed by atoms with Crippen LogP contribution < -0.4 is 25.0 Å². The highest BCUT2D eigenvalue weighted by molar-refractivity contribution is 9.10. The number of amides is 3. The Bertz CT molecular complexity index is 1750. The van der Waals surface area contributed by atoms with E-state index in [1.807, 2.05) is 48.7 Å². The predicted molar refractivity (Wildman–Crippen MR) is 145 cm³/mol. The number of nitrogens with one attached hydrogen (secondary N) is 3. The van der Waals surface area contributed by atoms with Crippen molar-refractivity contribution < 1.29 is 23.9 Å². The minimum atomic E-state index is -1.39. The second-order valence-electron chi connectivity index (χ2n) is 10.3. The summed E-state index contributed by atoms with van der Waals surface area (Å²) < 4.78 is 11.7. The van der Waals surface area contributed by atoms with Crippen molar-refractivity contribution >= 4 is 55.9 Å². The molecule has 2 fully saturated rings. The first kappa shape index (κ1) is 22.8. The molecule has 8 rings (SSSR count). The zero-order chi connectivity index (χ0) is 26.5. The van der Waals surface area contributed by atoms with E-state index in [0.29, 0.717) is 34.9 Å². The molecule has 4 aromatic rings. The third-order valence-corrected chi connectivity index (χ3v) is 8.90. The van der Waals surface area contributed by atoms with E-state index >= 15 is 0 Å². The number of H-pyrrole nitrogens is 1. The Hall–Kier alpha value is -4.15. The van der Waals surface area contributed by atoms with Crippen LogP contribution in [0.3, 0.4) is 0 Å². The average Bonchev–Trinajstić information content (AvgIpc) is 3.73. The fraction of sp³-hybridized carbons (Fsp3) is 0.207. The summed E-state index contributed by atoms with van der Waals surface area (Å²) in [7, 11) is 0. The van der Waals surface area contributed by atoms with Crippen molar-refractivity contribution in [1.82, 2.24) is 10.3 Å². The van der Waals surface area contributed by atoms with Crippen molar-refractivity contribution in [3.05, 3.63) is 82.5 Å². The second kappa shape index (κ2) is 7.93. The number of anilines is 2. The van der Waals surface area contributed by atoms with Gasteiger partial charge in [-0.05, 0) is 48.4 Å². The number of para-hydroxylation sites is 1. The molecule has 1 spiro atoms. The van der Waals surface area contributed by atoms with Gasteiger partial charge in [0.2, 0.25) is 24.5 Å². The highest BCUT2D eigenvalue weighted by Gasteiger charge is 2.70. The van der Waals surface area contributed by atoms with E-state index < -0.39 is 29.3 Å². The lowest BCUT2D eigenvalue weighted by atomic mass is 9.76. The number of carbonyl (C=O) groups excluding carboxylic acids is 3. The monoisotopic (exact) mass is 584 g/mol. The fourth-order valence-electron chi connectivity index (χ4n) is 6.77. The minimum Gasteiger partial charge on any atom is -0.454 e. The van der Waals surface area contributed by atoms with Gasteiger partial charge in [-0.1, -0.05) is 34.1 Å². The maximum Gasteiger partial charge on any atom is 0.250 e. The van der Waals surface area contributed by atoms with Crippen LogP contribution in [0.5, 0.6) is 11.5 Å². The number of rotatable bonds is 3. The lowest BCUT2D eigenvalue weighted by Crippen LogP contribution is -2.53. The lowest BCUT2D eigenvalue weighted by Gasteiger charge is -2.29. The highest BCUT2D eigenvalue weighted by Crippen LogP contribution is 2.54. The fourth-order valence-corrected chi connectivity index (χ4v) is 7.13. The summed E-state index contributed by atoms with van der Waals surface area (Å²) in [5.41, 5.74) is 2.29. The Kier molecular flexibility index (Phi) is 4.64. The SMILES string of the molecule is O=C1[C@@H]2C(Cc3c[nH]c4ccccc34)NC3(C(=O)Nc4ccc(Br)cc43)[C@@H]2C(=O)N1c1ccc2c(c1)OCO2. The van der Waals surface area contributed by atoms with Crippen LogP contribution in [0.2, 0.25) is 0 Å². The van der Waals surface area contributed by atoms with Crippen molar-refractivity contribution in [3.63, 3.8) is 0 Å². The van der Waals surface area contributed by atoms with Crippen molar-refractivity contribution in [2.75, 3.05) is 17.0 Å². The molecule has 2 saturated heterocycles. The number of fused-ring (bicyclic) bond motifs is 6. The number of aromatic amines is 1. The van der Waals surface area contributed by atoms with Crippen LogP contribution in [0.15, 0.2) is 71.3 Å². The molecule has 4 aliphatic heterocycles. The van der Waals surface area contributed by atoms with E-state index in [1.165, 1.54) is 4.90 Å². The van der Waals surface area contributed by atoms with E-state index in [1.54, 1.807) is 18.2 Å². The summed E-state index contributed by atoms with van der Waals surface area (Å²) in [6, 6.07) is 18.0.